The summed E-state index contributed by atoms with van der Waals surface area (Å²) in [5, 5.41) is 4.67. The van der Waals surface area contributed by atoms with Crippen LogP contribution in [0, 0.1) is 6.92 Å². The fourth-order valence-corrected chi connectivity index (χ4v) is 2.77. The summed E-state index contributed by atoms with van der Waals surface area (Å²) < 4.78 is 1.94. The zero-order valence-electron chi connectivity index (χ0n) is 11.6. The van der Waals surface area contributed by atoms with Crippen molar-refractivity contribution in [1.29, 1.82) is 0 Å². The molecule has 0 saturated carbocycles. The third-order valence-electron chi connectivity index (χ3n) is 3.75. The summed E-state index contributed by atoms with van der Waals surface area (Å²) in [4.78, 5) is 4.20. The molecule has 0 spiro atoms. The lowest BCUT2D eigenvalue weighted by Gasteiger charge is -2.10. The summed E-state index contributed by atoms with van der Waals surface area (Å²) in [6.07, 6.45) is 3.67. The molecule has 104 valence electrons. The molecule has 5 heteroatoms. The SMILES string of the molecule is Cc1nn(-c2ccccc2)c2c1C(c1cccnc1)NN2. The molecule has 0 radical (unpaired) electrons. The molecule has 1 aromatic carbocycles. The van der Waals surface area contributed by atoms with Gasteiger partial charge in [0.1, 0.15) is 5.82 Å². The summed E-state index contributed by atoms with van der Waals surface area (Å²) in [6, 6.07) is 14.2. The Labute approximate surface area is 122 Å². The van der Waals surface area contributed by atoms with Gasteiger partial charge in [-0.3, -0.25) is 4.98 Å². The fraction of sp³-hybridized carbons (Fsp3) is 0.125. The van der Waals surface area contributed by atoms with Gasteiger partial charge in [-0.25, -0.2) is 10.1 Å². The molecule has 5 nitrogen and oxygen atoms in total. The minimum Gasteiger partial charge on any atom is -0.304 e. The molecule has 1 aliphatic rings. The van der Waals surface area contributed by atoms with Crippen LogP contribution in [0.5, 0.6) is 0 Å². The van der Waals surface area contributed by atoms with E-state index in [0.29, 0.717) is 0 Å². The number of aromatic nitrogens is 3. The Morgan fingerprint density at radius 2 is 1.95 bits per heavy atom. The van der Waals surface area contributed by atoms with Crippen molar-refractivity contribution in [3.8, 4) is 5.69 Å². The van der Waals surface area contributed by atoms with Crippen molar-refractivity contribution in [1.82, 2.24) is 20.2 Å². The number of rotatable bonds is 2. The smallest absolute Gasteiger partial charge is 0.149 e. The van der Waals surface area contributed by atoms with Gasteiger partial charge in [0.2, 0.25) is 0 Å². The van der Waals surface area contributed by atoms with E-state index in [9.17, 15) is 0 Å². The van der Waals surface area contributed by atoms with Crippen LogP contribution in [-0.4, -0.2) is 14.8 Å². The van der Waals surface area contributed by atoms with Crippen molar-refractivity contribution in [2.75, 3.05) is 5.43 Å². The van der Waals surface area contributed by atoms with Gasteiger partial charge in [-0.15, -0.1) is 0 Å². The Bertz CT molecular complexity index is 764. The first-order chi connectivity index (χ1) is 10.3. The minimum absolute atomic E-state index is 0.0752. The Hall–Kier alpha value is -2.66. The second-order valence-electron chi connectivity index (χ2n) is 5.08. The van der Waals surface area contributed by atoms with Crippen molar-refractivity contribution in [2.45, 2.75) is 13.0 Å². The van der Waals surface area contributed by atoms with Gasteiger partial charge in [0.05, 0.1) is 17.4 Å². The van der Waals surface area contributed by atoms with Crippen molar-refractivity contribution >= 4 is 5.82 Å². The van der Waals surface area contributed by atoms with Gasteiger partial charge >= 0.3 is 0 Å². The molecule has 1 unspecified atom stereocenters. The predicted molar refractivity (Wildman–Crippen MR) is 81.1 cm³/mol. The maximum absolute atomic E-state index is 4.67. The molecular weight excluding hydrogens is 262 g/mol. The Morgan fingerprint density at radius 3 is 2.71 bits per heavy atom. The second-order valence-corrected chi connectivity index (χ2v) is 5.08. The number of hydrogen-bond acceptors (Lipinski definition) is 4. The number of nitrogens with zero attached hydrogens (tertiary/aromatic N) is 3. The van der Waals surface area contributed by atoms with E-state index in [-0.39, 0.29) is 6.04 Å². The molecule has 0 fully saturated rings. The molecule has 3 heterocycles. The fourth-order valence-electron chi connectivity index (χ4n) is 2.77. The van der Waals surface area contributed by atoms with Crippen LogP contribution in [0.3, 0.4) is 0 Å². The van der Waals surface area contributed by atoms with E-state index in [4.69, 9.17) is 0 Å². The zero-order chi connectivity index (χ0) is 14.2. The van der Waals surface area contributed by atoms with Crippen LogP contribution in [0.1, 0.15) is 22.9 Å². The molecule has 1 aliphatic heterocycles. The Balaban J connectivity index is 1.83. The number of anilines is 1. The molecule has 4 rings (SSSR count). The molecule has 0 aliphatic carbocycles. The predicted octanol–water partition coefficient (Wildman–Crippen LogP) is 2.60. The lowest BCUT2D eigenvalue weighted by Crippen LogP contribution is -2.22. The van der Waals surface area contributed by atoms with Crippen LogP contribution < -0.4 is 10.9 Å². The van der Waals surface area contributed by atoms with Crippen molar-refractivity contribution < 1.29 is 0 Å². The van der Waals surface area contributed by atoms with Gasteiger partial charge in [-0.05, 0) is 30.7 Å². The maximum atomic E-state index is 4.67. The van der Waals surface area contributed by atoms with Crippen molar-refractivity contribution in [3.05, 3.63) is 71.7 Å². The third kappa shape index (κ3) is 1.90. The summed E-state index contributed by atoms with van der Waals surface area (Å²) in [6.45, 7) is 2.04. The number of para-hydroxylation sites is 1. The summed E-state index contributed by atoms with van der Waals surface area (Å²) in [5.41, 5.74) is 10.9. The Kier molecular flexibility index (Phi) is 2.72. The first kappa shape index (κ1) is 12.1. The third-order valence-corrected chi connectivity index (χ3v) is 3.75. The minimum atomic E-state index is 0.0752. The topological polar surface area (TPSA) is 54.8 Å². The number of benzene rings is 1. The van der Waals surface area contributed by atoms with E-state index in [1.54, 1.807) is 6.20 Å². The van der Waals surface area contributed by atoms with Crippen molar-refractivity contribution in [2.24, 2.45) is 0 Å². The highest BCUT2D eigenvalue weighted by atomic mass is 15.5. The number of hydrogen-bond donors (Lipinski definition) is 2. The lowest BCUT2D eigenvalue weighted by molar-refractivity contribution is 0.706. The van der Waals surface area contributed by atoms with Gasteiger partial charge < -0.3 is 5.43 Å². The van der Waals surface area contributed by atoms with Gasteiger partial charge in [0.15, 0.2) is 0 Å². The van der Waals surface area contributed by atoms with Crippen LogP contribution in [-0.2, 0) is 0 Å². The maximum Gasteiger partial charge on any atom is 0.149 e. The van der Waals surface area contributed by atoms with Crippen LogP contribution in [0.25, 0.3) is 5.69 Å². The van der Waals surface area contributed by atoms with E-state index >= 15 is 0 Å². The summed E-state index contributed by atoms with van der Waals surface area (Å²) >= 11 is 0. The van der Waals surface area contributed by atoms with Crippen LogP contribution >= 0.6 is 0 Å². The van der Waals surface area contributed by atoms with Gasteiger partial charge in [-0.1, -0.05) is 24.3 Å². The standard InChI is InChI=1S/C16H15N5/c1-11-14-15(12-6-5-9-17-10-12)18-19-16(14)21(20-11)13-7-3-2-4-8-13/h2-10,15,18-19H,1H3. The van der Waals surface area contributed by atoms with Crippen LogP contribution in [0.15, 0.2) is 54.9 Å². The van der Waals surface area contributed by atoms with Crippen LogP contribution in [0.2, 0.25) is 0 Å². The first-order valence-electron chi connectivity index (χ1n) is 6.91. The number of nitrogens with one attached hydrogen (secondary N) is 2. The number of hydrazine groups is 1. The van der Waals surface area contributed by atoms with E-state index in [1.807, 2.05) is 54.2 Å². The normalized spacial score (nSPS) is 16.5. The average molecular weight is 277 g/mol. The molecule has 21 heavy (non-hydrogen) atoms. The van der Waals surface area contributed by atoms with E-state index in [2.05, 4.69) is 27.0 Å². The molecule has 2 N–H and O–H groups in total. The van der Waals surface area contributed by atoms with Gasteiger partial charge in [-0.2, -0.15) is 5.10 Å². The monoisotopic (exact) mass is 277 g/mol. The molecule has 2 aromatic heterocycles. The molecular formula is C16H15N5. The van der Waals surface area contributed by atoms with E-state index < -0.39 is 0 Å². The van der Waals surface area contributed by atoms with Gasteiger partial charge in [0, 0.05) is 18.0 Å². The Morgan fingerprint density at radius 1 is 1.10 bits per heavy atom. The highest BCUT2D eigenvalue weighted by molar-refractivity contribution is 5.59. The van der Waals surface area contributed by atoms with Crippen LogP contribution in [0.4, 0.5) is 5.82 Å². The number of pyridine rings is 1. The van der Waals surface area contributed by atoms with Gasteiger partial charge in [0.25, 0.3) is 0 Å². The van der Waals surface area contributed by atoms with Crippen molar-refractivity contribution in [3.63, 3.8) is 0 Å². The number of aryl methyl sites for hydroxylation is 1. The molecule has 0 saturated heterocycles. The summed E-state index contributed by atoms with van der Waals surface area (Å²) in [7, 11) is 0. The summed E-state index contributed by atoms with van der Waals surface area (Å²) in [5.74, 6) is 0.993. The highest BCUT2D eigenvalue weighted by Crippen LogP contribution is 2.36. The molecule has 0 bridgehead atoms. The molecule has 1 atom stereocenters. The largest absolute Gasteiger partial charge is 0.304 e. The average Bonchev–Trinajstić information content (AvgIpc) is 3.11. The zero-order valence-corrected chi connectivity index (χ0v) is 11.6. The number of fused-ring (bicyclic) bond motifs is 1. The second kappa shape index (κ2) is 4.71. The van der Waals surface area contributed by atoms with E-state index in [1.165, 1.54) is 5.56 Å². The first-order valence-corrected chi connectivity index (χ1v) is 6.91. The quantitative estimate of drug-likeness (QED) is 0.756. The lowest BCUT2D eigenvalue weighted by atomic mass is 10.0. The molecule has 0 amide bonds. The molecule has 3 aromatic rings. The van der Waals surface area contributed by atoms with E-state index in [0.717, 1.165) is 22.8 Å². The highest BCUT2D eigenvalue weighted by Gasteiger charge is 2.30.